The molecular formula is C29H46O3. The minimum Gasteiger partial charge on any atom is -0.460 e. The normalized spacial score (nSPS) is 11.7. The summed E-state index contributed by atoms with van der Waals surface area (Å²) in [4.78, 5) is 11.9. The molecule has 0 bridgehead atoms. The van der Waals surface area contributed by atoms with Gasteiger partial charge in [0.2, 0.25) is 0 Å². The smallest absolute Gasteiger partial charge is 0.306 e. The number of ether oxygens (including phenoxy) is 2. The predicted octanol–water partition coefficient (Wildman–Crippen LogP) is 7.79. The second-order valence-corrected chi connectivity index (χ2v) is 10.2. The molecule has 0 atom stereocenters. The highest BCUT2D eigenvalue weighted by molar-refractivity contribution is 5.70. The minimum absolute atomic E-state index is 0.155. The van der Waals surface area contributed by atoms with Crippen molar-refractivity contribution in [3.63, 3.8) is 0 Å². The molecule has 0 saturated heterocycles. The fraction of sp³-hybridized carbons (Fsp3) is 0.690. The van der Waals surface area contributed by atoms with Crippen molar-refractivity contribution in [3.05, 3.63) is 35.4 Å². The lowest BCUT2D eigenvalue weighted by molar-refractivity contribution is -0.154. The number of carbonyl (C=O) groups excluding carboxylic acids is 1. The predicted molar refractivity (Wildman–Crippen MR) is 134 cm³/mol. The molecule has 0 saturated carbocycles. The molecule has 0 aliphatic rings. The van der Waals surface area contributed by atoms with Crippen molar-refractivity contribution in [3.8, 4) is 11.8 Å². The molecule has 0 aliphatic carbocycles. The van der Waals surface area contributed by atoms with Crippen molar-refractivity contribution in [1.82, 2.24) is 0 Å². The summed E-state index contributed by atoms with van der Waals surface area (Å²) in [7, 11) is 0. The molecule has 0 fully saturated rings. The van der Waals surface area contributed by atoms with Gasteiger partial charge in [-0.3, -0.25) is 4.79 Å². The topological polar surface area (TPSA) is 35.5 Å². The minimum atomic E-state index is -0.449. The molecule has 1 aromatic rings. The lowest BCUT2D eigenvalue weighted by atomic mass is 10.1. The van der Waals surface area contributed by atoms with Crippen molar-refractivity contribution in [2.45, 2.75) is 130 Å². The number of esters is 1. The van der Waals surface area contributed by atoms with Crippen LogP contribution in [0.1, 0.15) is 117 Å². The summed E-state index contributed by atoms with van der Waals surface area (Å²) < 4.78 is 11.4. The van der Waals surface area contributed by atoms with Crippen molar-refractivity contribution in [1.29, 1.82) is 0 Å². The second kappa shape index (κ2) is 15.1. The van der Waals surface area contributed by atoms with Gasteiger partial charge in [0.1, 0.15) is 11.2 Å². The second-order valence-electron chi connectivity index (χ2n) is 10.2. The van der Waals surface area contributed by atoms with Gasteiger partial charge in [0.25, 0.3) is 0 Å². The molecule has 180 valence electrons. The molecule has 0 spiro atoms. The highest BCUT2D eigenvalue weighted by atomic mass is 16.6. The molecule has 32 heavy (non-hydrogen) atoms. The van der Waals surface area contributed by atoms with E-state index in [9.17, 15) is 4.79 Å². The molecule has 0 N–H and O–H groups in total. The van der Waals surface area contributed by atoms with Gasteiger partial charge in [0.15, 0.2) is 0 Å². The maximum atomic E-state index is 11.9. The first-order valence-corrected chi connectivity index (χ1v) is 12.5. The zero-order chi connectivity index (χ0) is 23.9. The Bertz CT molecular complexity index is 699. The molecule has 1 aromatic carbocycles. The molecule has 0 amide bonds. The Hall–Kier alpha value is -1.79. The van der Waals surface area contributed by atoms with E-state index in [-0.39, 0.29) is 5.97 Å². The van der Waals surface area contributed by atoms with Crippen LogP contribution in [0.15, 0.2) is 24.3 Å². The zero-order valence-electron chi connectivity index (χ0n) is 21.5. The average Bonchev–Trinajstić information content (AvgIpc) is 2.72. The SMILES string of the molecule is CCCCCCCCCCC#CC(C)(C)OCc1ccc(CCC(=O)OC(C)(C)C)cc1. The van der Waals surface area contributed by atoms with Crippen molar-refractivity contribution >= 4 is 5.97 Å². The van der Waals surface area contributed by atoms with Crippen LogP contribution >= 0.6 is 0 Å². The van der Waals surface area contributed by atoms with Crippen LogP contribution in [0.4, 0.5) is 0 Å². The van der Waals surface area contributed by atoms with Gasteiger partial charge >= 0.3 is 5.97 Å². The standard InChI is InChI=1S/C29H46O3/c1-7-8-9-10-11-12-13-14-15-16-23-29(5,6)31-24-26-19-17-25(18-20-26)21-22-27(30)32-28(2,3)4/h17-20H,7-15,21-22,24H2,1-6H3. The van der Waals surface area contributed by atoms with E-state index in [0.717, 1.165) is 17.5 Å². The first-order valence-electron chi connectivity index (χ1n) is 12.5. The maximum absolute atomic E-state index is 11.9. The average molecular weight is 443 g/mol. The fourth-order valence-electron chi connectivity index (χ4n) is 3.36. The van der Waals surface area contributed by atoms with Crippen LogP contribution in [0, 0.1) is 11.8 Å². The Morgan fingerprint density at radius 1 is 0.844 bits per heavy atom. The van der Waals surface area contributed by atoms with Gasteiger partial charge in [-0.1, -0.05) is 82.1 Å². The number of hydrogen-bond donors (Lipinski definition) is 0. The lowest BCUT2D eigenvalue weighted by Crippen LogP contribution is -2.24. The third kappa shape index (κ3) is 15.1. The summed E-state index contributed by atoms with van der Waals surface area (Å²) >= 11 is 0. The first-order chi connectivity index (χ1) is 15.1. The fourth-order valence-corrected chi connectivity index (χ4v) is 3.36. The summed E-state index contributed by atoms with van der Waals surface area (Å²) in [6, 6.07) is 8.25. The van der Waals surface area contributed by atoms with E-state index in [4.69, 9.17) is 9.47 Å². The summed E-state index contributed by atoms with van der Waals surface area (Å²) in [6.07, 6.45) is 12.6. The van der Waals surface area contributed by atoms with E-state index in [2.05, 4.69) is 43.0 Å². The van der Waals surface area contributed by atoms with E-state index in [1.807, 2.05) is 34.6 Å². The molecule has 0 heterocycles. The van der Waals surface area contributed by atoms with Gasteiger partial charge in [-0.2, -0.15) is 0 Å². The number of rotatable bonds is 14. The lowest BCUT2D eigenvalue weighted by Gasteiger charge is -2.19. The van der Waals surface area contributed by atoms with Gasteiger partial charge in [-0.25, -0.2) is 0 Å². The molecule has 0 unspecified atom stereocenters. The van der Waals surface area contributed by atoms with Crippen LogP contribution in [0.5, 0.6) is 0 Å². The third-order valence-electron chi connectivity index (χ3n) is 5.21. The first kappa shape index (κ1) is 28.2. The number of aryl methyl sites for hydroxylation is 1. The van der Waals surface area contributed by atoms with Gasteiger partial charge in [-0.05, 0) is 58.6 Å². The molecular weight excluding hydrogens is 396 g/mol. The Kier molecular flexibility index (Phi) is 13.3. The molecule has 3 nitrogen and oxygen atoms in total. The van der Waals surface area contributed by atoms with E-state index in [1.165, 1.54) is 51.4 Å². The van der Waals surface area contributed by atoms with Crippen molar-refractivity contribution in [2.24, 2.45) is 0 Å². The summed E-state index contributed by atoms with van der Waals surface area (Å²) in [5, 5.41) is 0. The number of hydrogen-bond acceptors (Lipinski definition) is 3. The van der Waals surface area contributed by atoms with Gasteiger partial charge in [0.05, 0.1) is 6.61 Å². The van der Waals surface area contributed by atoms with E-state index < -0.39 is 11.2 Å². The number of carbonyl (C=O) groups is 1. The van der Waals surface area contributed by atoms with Crippen LogP contribution in [0.25, 0.3) is 0 Å². The maximum Gasteiger partial charge on any atom is 0.306 e. The number of benzene rings is 1. The summed E-state index contributed by atoms with van der Waals surface area (Å²) in [6.45, 7) is 12.5. The summed E-state index contributed by atoms with van der Waals surface area (Å²) in [5.74, 6) is 6.44. The van der Waals surface area contributed by atoms with E-state index in [1.54, 1.807) is 0 Å². The molecule has 0 aromatic heterocycles. The van der Waals surface area contributed by atoms with Crippen LogP contribution < -0.4 is 0 Å². The van der Waals surface area contributed by atoms with Gasteiger partial charge in [0, 0.05) is 12.8 Å². The molecule has 0 radical (unpaired) electrons. The Morgan fingerprint density at radius 2 is 1.41 bits per heavy atom. The highest BCUT2D eigenvalue weighted by Crippen LogP contribution is 2.15. The van der Waals surface area contributed by atoms with Crippen LogP contribution in [-0.4, -0.2) is 17.2 Å². The number of unbranched alkanes of at least 4 members (excludes halogenated alkanes) is 8. The van der Waals surface area contributed by atoms with Crippen molar-refractivity contribution in [2.75, 3.05) is 0 Å². The zero-order valence-corrected chi connectivity index (χ0v) is 21.5. The highest BCUT2D eigenvalue weighted by Gasteiger charge is 2.16. The van der Waals surface area contributed by atoms with Gasteiger partial charge < -0.3 is 9.47 Å². The molecule has 3 heteroatoms. The third-order valence-corrected chi connectivity index (χ3v) is 5.21. The quantitative estimate of drug-likeness (QED) is 0.167. The molecule has 0 aliphatic heterocycles. The van der Waals surface area contributed by atoms with Crippen LogP contribution in [0.3, 0.4) is 0 Å². The Labute approximate surface area is 197 Å². The largest absolute Gasteiger partial charge is 0.460 e. The van der Waals surface area contributed by atoms with Crippen LogP contribution in [0.2, 0.25) is 0 Å². The Balaban J connectivity index is 2.26. The van der Waals surface area contributed by atoms with E-state index >= 15 is 0 Å². The summed E-state index contributed by atoms with van der Waals surface area (Å²) in [5.41, 5.74) is 1.37. The molecule has 1 rings (SSSR count). The van der Waals surface area contributed by atoms with E-state index in [0.29, 0.717) is 19.4 Å². The Morgan fingerprint density at radius 3 is 2.00 bits per heavy atom. The monoisotopic (exact) mass is 442 g/mol. The van der Waals surface area contributed by atoms with Crippen molar-refractivity contribution < 1.29 is 14.3 Å². The van der Waals surface area contributed by atoms with Gasteiger partial charge in [-0.15, -0.1) is 5.92 Å². The van der Waals surface area contributed by atoms with Crippen LogP contribution in [-0.2, 0) is 27.3 Å².